The second kappa shape index (κ2) is 8.74. The van der Waals surface area contributed by atoms with Crippen molar-refractivity contribution in [3.8, 4) is 11.5 Å². The van der Waals surface area contributed by atoms with Crippen LogP contribution in [0.1, 0.15) is 24.0 Å². The molecule has 0 atom stereocenters. The number of hydrogen-bond acceptors (Lipinski definition) is 6. The van der Waals surface area contributed by atoms with Crippen LogP contribution < -0.4 is 24.6 Å². The van der Waals surface area contributed by atoms with Crippen LogP contribution in [-0.4, -0.2) is 45.2 Å². The largest absolute Gasteiger partial charge is 0.496 e. The van der Waals surface area contributed by atoms with Crippen LogP contribution in [0, 0.1) is 6.92 Å². The molecule has 4 amide bonds. The Morgan fingerprint density at radius 3 is 2.22 bits per heavy atom. The number of imide groups is 2. The van der Waals surface area contributed by atoms with Gasteiger partial charge in [-0.15, -0.1) is 0 Å². The number of aryl methyl sites for hydroxylation is 1. The molecule has 0 unspecified atom stereocenters. The summed E-state index contributed by atoms with van der Waals surface area (Å²) in [5, 5.41) is 2.24. The molecule has 0 radical (unpaired) electrons. The minimum Gasteiger partial charge on any atom is -0.496 e. The van der Waals surface area contributed by atoms with Crippen LogP contribution in [0.3, 0.4) is 0 Å². The van der Waals surface area contributed by atoms with E-state index in [0.717, 1.165) is 42.1 Å². The third kappa shape index (κ3) is 3.91. The van der Waals surface area contributed by atoms with E-state index >= 15 is 0 Å². The molecular weight excluding hydrogens is 410 g/mol. The van der Waals surface area contributed by atoms with Gasteiger partial charge in [0.15, 0.2) is 0 Å². The zero-order chi connectivity index (χ0) is 22.8. The molecule has 2 aliphatic heterocycles. The highest BCUT2D eigenvalue weighted by molar-refractivity contribution is 6.39. The van der Waals surface area contributed by atoms with Gasteiger partial charge in [0.05, 0.1) is 25.6 Å². The van der Waals surface area contributed by atoms with Gasteiger partial charge in [0, 0.05) is 24.7 Å². The van der Waals surface area contributed by atoms with E-state index in [-0.39, 0.29) is 5.57 Å². The number of barbiturate groups is 1. The molecule has 0 aliphatic carbocycles. The first kappa shape index (κ1) is 21.4. The van der Waals surface area contributed by atoms with Crippen molar-refractivity contribution in [2.75, 3.05) is 37.1 Å². The normalized spacial score (nSPS) is 17.7. The third-order valence-electron chi connectivity index (χ3n) is 5.67. The van der Waals surface area contributed by atoms with E-state index in [1.54, 1.807) is 37.4 Å². The predicted octanol–water partition coefficient (Wildman–Crippen LogP) is 3.28. The van der Waals surface area contributed by atoms with E-state index in [9.17, 15) is 14.4 Å². The summed E-state index contributed by atoms with van der Waals surface area (Å²) < 4.78 is 11.1. The highest BCUT2D eigenvalue weighted by Gasteiger charge is 2.37. The lowest BCUT2D eigenvalue weighted by Crippen LogP contribution is -2.54. The van der Waals surface area contributed by atoms with Gasteiger partial charge in [-0.1, -0.05) is 17.7 Å². The first-order valence-electron chi connectivity index (χ1n) is 10.4. The smallest absolute Gasteiger partial charge is 0.335 e. The minimum atomic E-state index is -0.782. The fraction of sp³-hybridized carbons (Fsp3) is 0.292. The fourth-order valence-electron chi connectivity index (χ4n) is 3.96. The highest BCUT2D eigenvalue weighted by atomic mass is 16.5. The van der Waals surface area contributed by atoms with Gasteiger partial charge in [-0.2, -0.15) is 0 Å². The Morgan fingerprint density at radius 2 is 1.59 bits per heavy atom. The van der Waals surface area contributed by atoms with E-state index in [2.05, 4.69) is 10.2 Å². The van der Waals surface area contributed by atoms with Crippen LogP contribution in [0.4, 0.5) is 16.2 Å². The Balaban J connectivity index is 1.75. The molecule has 2 heterocycles. The molecule has 2 fully saturated rings. The molecule has 32 heavy (non-hydrogen) atoms. The van der Waals surface area contributed by atoms with Gasteiger partial charge in [-0.3, -0.25) is 14.9 Å². The van der Waals surface area contributed by atoms with Crippen molar-refractivity contribution >= 4 is 35.3 Å². The summed E-state index contributed by atoms with van der Waals surface area (Å²) in [6.45, 7) is 3.76. The summed E-state index contributed by atoms with van der Waals surface area (Å²) in [5.74, 6) is -0.338. The van der Waals surface area contributed by atoms with Crippen LogP contribution in [-0.2, 0) is 9.59 Å². The Labute approximate surface area is 186 Å². The number of benzene rings is 2. The monoisotopic (exact) mass is 435 g/mol. The lowest BCUT2D eigenvalue weighted by molar-refractivity contribution is -0.122. The number of urea groups is 1. The standard InChI is InChI=1S/C24H25N3O5/c1-15-6-8-17(9-7-15)27-23(29)18(22(28)25-24(27)30)12-16-13-21(32-3)19(14-20(16)31-2)26-10-4-5-11-26/h6-9,12-14H,4-5,10-11H2,1-3H3,(H,25,28,30)/b18-12+. The van der Waals surface area contributed by atoms with E-state index in [1.165, 1.54) is 13.2 Å². The van der Waals surface area contributed by atoms with Crippen molar-refractivity contribution < 1.29 is 23.9 Å². The van der Waals surface area contributed by atoms with Crippen LogP contribution in [0.2, 0.25) is 0 Å². The van der Waals surface area contributed by atoms with Crippen LogP contribution in [0.15, 0.2) is 42.0 Å². The molecule has 8 heteroatoms. The summed E-state index contributed by atoms with van der Waals surface area (Å²) in [6.07, 6.45) is 3.64. The predicted molar refractivity (Wildman–Crippen MR) is 121 cm³/mol. The third-order valence-corrected chi connectivity index (χ3v) is 5.67. The van der Waals surface area contributed by atoms with E-state index in [4.69, 9.17) is 9.47 Å². The Hall–Kier alpha value is -3.81. The van der Waals surface area contributed by atoms with Crippen molar-refractivity contribution in [1.29, 1.82) is 0 Å². The molecule has 0 bridgehead atoms. The van der Waals surface area contributed by atoms with Gasteiger partial charge in [-0.05, 0) is 44.0 Å². The molecule has 166 valence electrons. The maximum absolute atomic E-state index is 13.2. The number of rotatable bonds is 5. The van der Waals surface area contributed by atoms with Crippen molar-refractivity contribution in [1.82, 2.24) is 5.32 Å². The summed E-state index contributed by atoms with van der Waals surface area (Å²) in [7, 11) is 3.11. The average Bonchev–Trinajstić information content (AvgIpc) is 3.32. The minimum absolute atomic E-state index is 0.167. The Bertz CT molecular complexity index is 1100. The van der Waals surface area contributed by atoms with Gasteiger partial charge in [0.1, 0.15) is 17.1 Å². The van der Waals surface area contributed by atoms with Crippen molar-refractivity contribution in [3.63, 3.8) is 0 Å². The first-order chi connectivity index (χ1) is 15.4. The molecule has 4 rings (SSSR count). The topological polar surface area (TPSA) is 88.2 Å². The number of carbonyl (C=O) groups excluding carboxylic acids is 3. The SMILES string of the molecule is COc1cc(N2CCCC2)c(OC)cc1/C=C1\C(=O)NC(=O)N(c2ccc(C)cc2)C1=O. The zero-order valence-electron chi connectivity index (χ0n) is 18.3. The van der Waals surface area contributed by atoms with Gasteiger partial charge in [0.2, 0.25) is 0 Å². The van der Waals surface area contributed by atoms with Crippen LogP contribution >= 0.6 is 0 Å². The number of nitrogens with one attached hydrogen (secondary N) is 1. The lowest BCUT2D eigenvalue weighted by atomic mass is 10.0. The number of methoxy groups -OCH3 is 2. The molecule has 0 aromatic heterocycles. The van der Waals surface area contributed by atoms with Gasteiger partial charge in [0.25, 0.3) is 11.8 Å². The summed E-state index contributed by atoms with van der Waals surface area (Å²) in [4.78, 5) is 41.3. The molecule has 8 nitrogen and oxygen atoms in total. The first-order valence-corrected chi connectivity index (χ1v) is 10.4. The molecular formula is C24H25N3O5. The maximum Gasteiger partial charge on any atom is 0.335 e. The molecule has 2 aromatic rings. The summed E-state index contributed by atoms with van der Waals surface area (Å²) in [5.41, 5.74) is 2.61. The van der Waals surface area contributed by atoms with Crippen LogP contribution in [0.25, 0.3) is 6.08 Å². The molecule has 0 saturated carbocycles. The Morgan fingerprint density at radius 1 is 0.938 bits per heavy atom. The fourth-order valence-corrected chi connectivity index (χ4v) is 3.96. The van der Waals surface area contributed by atoms with Crippen molar-refractivity contribution in [3.05, 3.63) is 53.1 Å². The lowest BCUT2D eigenvalue weighted by Gasteiger charge is -2.27. The zero-order valence-corrected chi connectivity index (χ0v) is 18.3. The van der Waals surface area contributed by atoms with Gasteiger partial charge < -0.3 is 14.4 Å². The van der Waals surface area contributed by atoms with Crippen molar-refractivity contribution in [2.24, 2.45) is 0 Å². The summed E-state index contributed by atoms with van der Waals surface area (Å²) >= 11 is 0. The van der Waals surface area contributed by atoms with Crippen molar-refractivity contribution in [2.45, 2.75) is 19.8 Å². The van der Waals surface area contributed by atoms with Crippen LogP contribution in [0.5, 0.6) is 11.5 Å². The maximum atomic E-state index is 13.2. The van der Waals surface area contributed by atoms with E-state index in [0.29, 0.717) is 22.7 Å². The Kier molecular flexibility index (Phi) is 5.85. The number of ether oxygens (including phenoxy) is 2. The second-order valence-corrected chi connectivity index (χ2v) is 7.75. The molecule has 2 aromatic carbocycles. The number of hydrogen-bond donors (Lipinski definition) is 1. The number of nitrogens with zero attached hydrogens (tertiary/aromatic N) is 2. The number of carbonyl (C=O) groups is 3. The van der Waals surface area contributed by atoms with Gasteiger partial charge >= 0.3 is 6.03 Å². The van der Waals surface area contributed by atoms with E-state index < -0.39 is 17.8 Å². The van der Waals surface area contributed by atoms with E-state index in [1.807, 2.05) is 13.0 Å². The number of anilines is 2. The molecule has 2 aliphatic rings. The highest BCUT2D eigenvalue weighted by Crippen LogP contribution is 2.38. The quantitative estimate of drug-likeness (QED) is 0.573. The molecule has 0 spiro atoms. The number of amides is 4. The second-order valence-electron chi connectivity index (χ2n) is 7.75. The summed E-state index contributed by atoms with van der Waals surface area (Å²) in [6, 6.07) is 9.72. The average molecular weight is 435 g/mol. The van der Waals surface area contributed by atoms with Gasteiger partial charge in [-0.25, -0.2) is 9.69 Å². The molecule has 2 saturated heterocycles. The molecule has 1 N–H and O–H groups in total.